The van der Waals surface area contributed by atoms with Gasteiger partial charge in [0.15, 0.2) is 5.78 Å². The molecule has 104 valence electrons. The number of ketones is 1. The smallest absolute Gasteiger partial charge is 0.161 e. The van der Waals surface area contributed by atoms with Gasteiger partial charge in [-0.2, -0.15) is 0 Å². The molecule has 0 saturated heterocycles. The zero-order chi connectivity index (χ0) is 13.3. The summed E-state index contributed by atoms with van der Waals surface area (Å²) >= 11 is 0. The zero-order valence-electron chi connectivity index (χ0n) is 11.6. The van der Waals surface area contributed by atoms with E-state index in [1.807, 2.05) is 6.07 Å². The molecular formula is C17H24O2. The molecule has 1 fully saturated rings. The predicted molar refractivity (Wildman–Crippen MR) is 77.2 cm³/mol. The topological polar surface area (TPSA) is 26.3 Å². The second kappa shape index (κ2) is 8.11. The summed E-state index contributed by atoms with van der Waals surface area (Å²) in [5, 5.41) is 0. The maximum Gasteiger partial charge on any atom is 0.161 e. The normalized spacial score (nSPS) is 16.4. The first-order valence-corrected chi connectivity index (χ1v) is 7.50. The van der Waals surface area contributed by atoms with Crippen LogP contribution in [0.2, 0.25) is 0 Å². The Morgan fingerprint density at radius 3 is 2.58 bits per heavy atom. The van der Waals surface area contributed by atoms with Crippen LogP contribution in [0.4, 0.5) is 0 Å². The highest BCUT2D eigenvalue weighted by Gasteiger charge is 2.20. The lowest BCUT2D eigenvalue weighted by Crippen LogP contribution is -2.22. The highest BCUT2D eigenvalue weighted by atomic mass is 16.5. The van der Waals surface area contributed by atoms with E-state index >= 15 is 0 Å². The van der Waals surface area contributed by atoms with E-state index in [1.54, 1.807) is 0 Å². The van der Waals surface area contributed by atoms with E-state index in [0.717, 1.165) is 25.7 Å². The van der Waals surface area contributed by atoms with Crippen molar-refractivity contribution < 1.29 is 9.53 Å². The van der Waals surface area contributed by atoms with Crippen molar-refractivity contribution in [3.8, 4) is 0 Å². The number of Topliss-reactive ketones (excluding diaryl/α,β-unsaturated/α-hetero) is 1. The summed E-state index contributed by atoms with van der Waals surface area (Å²) in [6, 6.07) is 10.4. The van der Waals surface area contributed by atoms with Gasteiger partial charge in [0.1, 0.15) is 6.61 Å². The van der Waals surface area contributed by atoms with E-state index in [0.29, 0.717) is 19.0 Å². The van der Waals surface area contributed by atoms with Crippen molar-refractivity contribution in [2.45, 2.75) is 44.9 Å². The SMILES string of the molecule is O=C(COCCCc1ccccc1)C1CCCCC1. The number of carbonyl (C=O) groups is 1. The molecule has 0 atom stereocenters. The maximum atomic E-state index is 11.9. The highest BCUT2D eigenvalue weighted by Crippen LogP contribution is 2.24. The molecule has 0 amide bonds. The molecule has 0 bridgehead atoms. The molecule has 1 aromatic carbocycles. The molecule has 1 aromatic rings. The molecule has 2 rings (SSSR count). The summed E-state index contributed by atoms with van der Waals surface area (Å²) in [7, 11) is 0. The van der Waals surface area contributed by atoms with E-state index in [4.69, 9.17) is 4.74 Å². The van der Waals surface area contributed by atoms with E-state index in [-0.39, 0.29) is 5.92 Å². The number of benzene rings is 1. The predicted octanol–water partition coefficient (Wildman–Crippen LogP) is 3.79. The Bertz CT molecular complexity index is 366. The monoisotopic (exact) mass is 260 g/mol. The fourth-order valence-corrected chi connectivity index (χ4v) is 2.74. The third kappa shape index (κ3) is 5.15. The number of hydrogen-bond donors (Lipinski definition) is 0. The van der Waals surface area contributed by atoms with E-state index in [1.165, 1.54) is 24.8 Å². The molecule has 0 radical (unpaired) electrons. The van der Waals surface area contributed by atoms with Gasteiger partial charge in [0.2, 0.25) is 0 Å². The summed E-state index contributed by atoms with van der Waals surface area (Å²) in [5.41, 5.74) is 1.34. The lowest BCUT2D eigenvalue weighted by atomic mass is 9.86. The molecule has 0 aromatic heterocycles. The van der Waals surface area contributed by atoms with Crippen LogP contribution in [0.25, 0.3) is 0 Å². The van der Waals surface area contributed by atoms with Crippen LogP contribution in [0.3, 0.4) is 0 Å². The van der Waals surface area contributed by atoms with Crippen LogP contribution in [0.15, 0.2) is 30.3 Å². The Kier molecular flexibility index (Phi) is 6.09. The first-order chi connectivity index (χ1) is 9.36. The number of aryl methyl sites for hydroxylation is 1. The Hall–Kier alpha value is -1.15. The van der Waals surface area contributed by atoms with Gasteiger partial charge in [-0.15, -0.1) is 0 Å². The van der Waals surface area contributed by atoms with Crippen LogP contribution in [-0.4, -0.2) is 19.0 Å². The van der Waals surface area contributed by atoms with Gasteiger partial charge in [-0.05, 0) is 31.2 Å². The zero-order valence-corrected chi connectivity index (χ0v) is 11.6. The minimum atomic E-state index is 0.280. The average Bonchev–Trinajstić information content (AvgIpc) is 2.49. The van der Waals surface area contributed by atoms with Gasteiger partial charge in [-0.1, -0.05) is 49.6 Å². The maximum absolute atomic E-state index is 11.9. The van der Waals surface area contributed by atoms with Crippen LogP contribution in [0.1, 0.15) is 44.1 Å². The number of rotatable bonds is 7. The highest BCUT2D eigenvalue weighted by molar-refractivity contribution is 5.82. The summed E-state index contributed by atoms with van der Waals surface area (Å²) in [5.74, 6) is 0.599. The summed E-state index contributed by atoms with van der Waals surface area (Å²) in [6.45, 7) is 1.01. The molecular weight excluding hydrogens is 236 g/mol. The lowest BCUT2D eigenvalue weighted by molar-refractivity contribution is -0.128. The fraction of sp³-hybridized carbons (Fsp3) is 0.588. The first-order valence-electron chi connectivity index (χ1n) is 7.50. The molecule has 1 aliphatic rings. The van der Waals surface area contributed by atoms with Gasteiger partial charge in [-0.3, -0.25) is 4.79 Å². The van der Waals surface area contributed by atoms with Crippen molar-refractivity contribution in [2.24, 2.45) is 5.92 Å². The van der Waals surface area contributed by atoms with Crippen molar-refractivity contribution in [1.29, 1.82) is 0 Å². The molecule has 2 nitrogen and oxygen atoms in total. The number of hydrogen-bond acceptors (Lipinski definition) is 2. The molecule has 0 N–H and O–H groups in total. The van der Waals surface area contributed by atoms with Gasteiger partial charge in [0.05, 0.1) is 0 Å². The standard InChI is InChI=1S/C17H24O2/c18-17(16-11-5-2-6-12-16)14-19-13-7-10-15-8-3-1-4-9-15/h1,3-4,8-9,16H,2,5-7,10-14H2. The Balaban J connectivity index is 1.55. The van der Waals surface area contributed by atoms with E-state index in [9.17, 15) is 4.79 Å². The van der Waals surface area contributed by atoms with Crippen molar-refractivity contribution in [2.75, 3.05) is 13.2 Å². The molecule has 0 aliphatic heterocycles. The number of carbonyl (C=O) groups excluding carboxylic acids is 1. The minimum absolute atomic E-state index is 0.280. The van der Waals surface area contributed by atoms with Gasteiger partial charge in [0.25, 0.3) is 0 Å². The van der Waals surface area contributed by atoms with Crippen molar-refractivity contribution in [3.63, 3.8) is 0 Å². The third-order valence-corrected chi connectivity index (χ3v) is 3.90. The largest absolute Gasteiger partial charge is 0.374 e. The summed E-state index contributed by atoms with van der Waals surface area (Å²) in [6.07, 6.45) is 7.88. The molecule has 1 aliphatic carbocycles. The molecule has 0 unspecified atom stereocenters. The van der Waals surface area contributed by atoms with Crippen molar-refractivity contribution >= 4 is 5.78 Å². The first kappa shape index (κ1) is 14.3. The summed E-state index contributed by atoms with van der Waals surface area (Å²) < 4.78 is 5.52. The quantitative estimate of drug-likeness (QED) is 0.697. The van der Waals surface area contributed by atoms with Gasteiger partial charge in [0, 0.05) is 12.5 Å². The van der Waals surface area contributed by atoms with Crippen molar-refractivity contribution in [1.82, 2.24) is 0 Å². The fourth-order valence-electron chi connectivity index (χ4n) is 2.74. The van der Waals surface area contributed by atoms with Crippen molar-refractivity contribution in [3.05, 3.63) is 35.9 Å². The van der Waals surface area contributed by atoms with Gasteiger partial charge < -0.3 is 4.74 Å². The molecule has 0 heterocycles. The third-order valence-electron chi connectivity index (χ3n) is 3.90. The molecule has 1 saturated carbocycles. The Morgan fingerprint density at radius 2 is 1.84 bits per heavy atom. The van der Waals surface area contributed by atoms with Crippen LogP contribution in [0.5, 0.6) is 0 Å². The average molecular weight is 260 g/mol. The van der Waals surface area contributed by atoms with Gasteiger partial charge >= 0.3 is 0 Å². The lowest BCUT2D eigenvalue weighted by Gasteiger charge is -2.20. The van der Waals surface area contributed by atoms with Crippen LogP contribution in [0, 0.1) is 5.92 Å². The van der Waals surface area contributed by atoms with Crippen LogP contribution in [-0.2, 0) is 16.0 Å². The van der Waals surface area contributed by atoms with Gasteiger partial charge in [-0.25, -0.2) is 0 Å². The minimum Gasteiger partial charge on any atom is -0.374 e. The second-order valence-corrected chi connectivity index (χ2v) is 5.44. The Morgan fingerprint density at radius 1 is 1.11 bits per heavy atom. The Labute approximate surface area is 116 Å². The summed E-state index contributed by atoms with van der Waals surface area (Å²) in [4.78, 5) is 11.9. The molecule has 2 heteroatoms. The van der Waals surface area contributed by atoms with E-state index < -0.39 is 0 Å². The van der Waals surface area contributed by atoms with E-state index in [2.05, 4.69) is 24.3 Å². The second-order valence-electron chi connectivity index (χ2n) is 5.44. The molecule has 19 heavy (non-hydrogen) atoms. The number of ether oxygens (including phenoxy) is 1. The van der Waals surface area contributed by atoms with Crippen LogP contribution < -0.4 is 0 Å². The molecule has 0 spiro atoms. The van der Waals surface area contributed by atoms with Crippen LogP contribution >= 0.6 is 0 Å².